The molecule has 1 atom stereocenters. The molecule has 2 aromatic rings. The standard InChI is InChI=1S/C19H21NO2S/c21-19(15-7-11-22-12-8-15)20-10-6-17-16(9-13-23-17)18(20)14-4-2-1-3-5-14/h1-5,9,13,15,18H,6-8,10-12H2/t18-/m0/s1. The summed E-state index contributed by atoms with van der Waals surface area (Å²) < 4.78 is 5.42. The molecule has 0 radical (unpaired) electrons. The van der Waals surface area contributed by atoms with Crippen molar-refractivity contribution in [3.05, 3.63) is 57.8 Å². The first-order valence-electron chi connectivity index (χ1n) is 8.34. The van der Waals surface area contributed by atoms with Crippen LogP contribution in [0.1, 0.15) is 34.9 Å². The maximum Gasteiger partial charge on any atom is 0.226 e. The van der Waals surface area contributed by atoms with Crippen molar-refractivity contribution in [3.8, 4) is 0 Å². The van der Waals surface area contributed by atoms with Crippen molar-refractivity contribution in [1.29, 1.82) is 0 Å². The number of carbonyl (C=O) groups is 1. The van der Waals surface area contributed by atoms with Crippen molar-refractivity contribution in [3.63, 3.8) is 0 Å². The minimum absolute atomic E-state index is 0.0709. The third kappa shape index (κ3) is 2.81. The number of hydrogen-bond acceptors (Lipinski definition) is 3. The summed E-state index contributed by atoms with van der Waals surface area (Å²) in [5.74, 6) is 0.425. The molecule has 3 heterocycles. The molecule has 1 saturated heterocycles. The molecule has 1 fully saturated rings. The number of nitrogens with zero attached hydrogens (tertiary/aromatic N) is 1. The minimum atomic E-state index is 0.0709. The van der Waals surface area contributed by atoms with Crippen molar-refractivity contribution < 1.29 is 9.53 Å². The number of ether oxygens (including phenoxy) is 1. The lowest BCUT2D eigenvalue weighted by Gasteiger charge is -2.39. The van der Waals surface area contributed by atoms with Crippen LogP contribution in [-0.2, 0) is 16.0 Å². The van der Waals surface area contributed by atoms with Gasteiger partial charge in [0.25, 0.3) is 0 Å². The van der Waals surface area contributed by atoms with E-state index in [1.54, 1.807) is 0 Å². The second kappa shape index (κ2) is 6.46. The van der Waals surface area contributed by atoms with Crippen LogP contribution in [0.5, 0.6) is 0 Å². The SMILES string of the molecule is O=C(C1CCOCC1)N1CCc2sccc2[C@@H]1c1ccccc1. The van der Waals surface area contributed by atoms with Crippen LogP contribution in [0, 0.1) is 5.92 Å². The van der Waals surface area contributed by atoms with Crippen molar-refractivity contribution in [2.75, 3.05) is 19.8 Å². The third-order valence-corrected chi connectivity index (χ3v) is 5.93. The Bertz CT molecular complexity index is 676. The van der Waals surface area contributed by atoms with Gasteiger partial charge in [-0.25, -0.2) is 0 Å². The van der Waals surface area contributed by atoms with Gasteiger partial charge in [0.2, 0.25) is 5.91 Å². The van der Waals surface area contributed by atoms with Gasteiger partial charge in [-0.3, -0.25) is 4.79 Å². The molecule has 23 heavy (non-hydrogen) atoms. The predicted octanol–water partition coefficient (Wildman–Crippen LogP) is 3.65. The van der Waals surface area contributed by atoms with E-state index in [1.807, 2.05) is 17.4 Å². The molecule has 0 unspecified atom stereocenters. The Kier molecular flexibility index (Phi) is 4.19. The van der Waals surface area contributed by atoms with Gasteiger partial charge in [-0.15, -0.1) is 11.3 Å². The summed E-state index contributed by atoms with van der Waals surface area (Å²) in [6.07, 6.45) is 2.69. The van der Waals surface area contributed by atoms with Gasteiger partial charge in [0.05, 0.1) is 6.04 Å². The van der Waals surface area contributed by atoms with Crippen LogP contribution in [-0.4, -0.2) is 30.6 Å². The normalized spacial score (nSPS) is 21.9. The van der Waals surface area contributed by atoms with Crippen LogP contribution < -0.4 is 0 Å². The summed E-state index contributed by atoms with van der Waals surface area (Å²) in [4.78, 5) is 16.7. The fraction of sp³-hybridized carbons (Fsp3) is 0.421. The largest absolute Gasteiger partial charge is 0.381 e. The van der Waals surface area contributed by atoms with E-state index in [0.717, 1.165) is 25.8 Å². The Balaban J connectivity index is 1.69. The average Bonchev–Trinajstić information content (AvgIpc) is 3.10. The van der Waals surface area contributed by atoms with E-state index in [2.05, 4.69) is 40.6 Å². The predicted molar refractivity (Wildman–Crippen MR) is 91.6 cm³/mol. The molecule has 120 valence electrons. The van der Waals surface area contributed by atoms with Crippen molar-refractivity contribution >= 4 is 17.2 Å². The molecule has 4 rings (SSSR count). The van der Waals surface area contributed by atoms with E-state index < -0.39 is 0 Å². The second-order valence-electron chi connectivity index (χ2n) is 6.28. The van der Waals surface area contributed by atoms with E-state index in [0.29, 0.717) is 19.1 Å². The van der Waals surface area contributed by atoms with Gasteiger partial charge in [-0.05, 0) is 41.8 Å². The highest BCUT2D eigenvalue weighted by Crippen LogP contribution is 2.39. The van der Waals surface area contributed by atoms with Crippen LogP contribution in [0.25, 0.3) is 0 Å². The number of thiophene rings is 1. The minimum Gasteiger partial charge on any atom is -0.381 e. The lowest BCUT2D eigenvalue weighted by Crippen LogP contribution is -2.44. The number of fused-ring (bicyclic) bond motifs is 1. The van der Waals surface area contributed by atoms with E-state index in [4.69, 9.17) is 4.74 Å². The monoisotopic (exact) mass is 327 g/mol. The molecular formula is C19H21NO2S. The molecular weight excluding hydrogens is 306 g/mol. The van der Waals surface area contributed by atoms with Crippen LogP contribution in [0.15, 0.2) is 41.8 Å². The first-order valence-corrected chi connectivity index (χ1v) is 9.22. The summed E-state index contributed by atoms with van der Waals surface area (Å²) >= 11 is 1.82. The third-order valence-electron chi connectivity index (χ3n) is 4.93. The van der Waals surface area contributed by atoms with E-state index in [9.17, 15) is 4.79 Å². The lowest BCUT2D eigenvalue weighted by atomic mass is 9.90. The van der Waals surface area contributed by atoms with Crippen LogP contribution in [0.4, 0.5) is 0 Å². The molecule has 2 aliphatic heterocycles. The quantitative estimate of drug-likeness (QED) is 0.843. The fourth-order valence-corrected chi connectivity index (χ4v) is 4.63. The van der Waals surface area contributed by atoms with Crippen molar-refractivity contribution in [1.82, 2.24) is 4.90 Å². The van der Waals surface area contributed by atoms with Gasteiger partial charge in [0, 0.05) is 30.6 Å². The zero-order valence-corrected chi connectivity index (χ0v) is 13.9. The number of rotatable bonds is 2. The Morgan fingerprint density at radius 1 is 1.13 bits per heavy atom. The first-order chi connectivity index (χ1) is 11.3. The Morgan fingerprint density at radius 3 is 2.70 bits per heavy atom. The maximum absolute atomic E-state index is 13.1. The van der Waals surface area contributed by atoms with Gasteiger partial charge in [-0.1, -0.05) is 30.3 Å². The highest BCUT2D eigenvalue weighted by Gasteiger charge is 2.36. The van der Waals surface area contributed by atoms with E-state index in [-0.39, 0.29) is 12.0 Å². The molecule has 0 saturated carbocycles. The van der Waals surface area contributed by atoms with Crippen molar-refractivity contribution in [2.24, 2.45) is 5.92 Å². The van der Waals surface area contributed by atoms with E-state index >= 15 is 0 Å². The first kappa shape index (κ1) is 14.9. The van der Waals surface area contributed by atoms with Crippen LogP contribution in [0.2, 0.25) is 0 Å². The zero-order valence-electron chi connectivity index (χ0n) is 13.1. The lowest BCUT2D eigenvalue weighted by molar-refractivity contribution is -0.140. The van der Waals surface area contributed by atoms with Gasteiger partial charge in [0.15, 0.2) is 0 Å². The van der Waals surface area contributed by atoms with Gasteiger partial charge < -0.3 is 9.64 Å². The average molecular weight is 327 g/mol. The Hall–Kier alpha value is -1.65. The smallest absolute Gasteiger partial charge is 0.226 e. The number of carbonyl (C=O) groups excluding carboxylic acids is 1. The molecule has 3 nitrogen and oxygen atoms in total. The Morgan fingerprint density at radius 2 is 1.91 bits per heavy atom. The molecule has 1 aromatic carbocycles. The van der Waals surface area contributed by atoms with Crippen LogP contribution in [0.3, 0.4) is 0 Å². The highest BCUT2D eigenvalue weighted by atomic mass is 32.1. The van der Waals surface area contributed by atoms with Gasteiger partial charge in [-0.2, -0.15) is 0 Å². The maximum atomic E-state index is 13.1. The summed E-state index contributed by atoms with van der Waals surface area (Å²) in [5.41, 5.74) is 2.53. The molecule has 0 spiro atoms. The van der Waals surface area contributed by atoms with E-state index in [1.165, 1.54) is 16.0 Å². The number of amides is 1. The molecule has 0 N–H and O–H groups in total. The summed E-state index contributed by atoms with van der Waals surface area (Å²) in [6.45, 7) is 2.25. The second-order valence-corrected chi connectivity index (χ2v) is 7.28. The summed E-state index contributed by atoms with van der Waals surface area (Å²) in [7, 11) is 0. The summed E-state index contributed by atoms with van der Waals surface area (Å²) in [5, 5.41) is 2.16. The zero-order chi connectivity index (χ0) is 15.6. The summed E-state index contributed by atoms with van der Waals surface area (Å²) in [6, 6.07) is 12.7. The van der Waals surface area contributed by atoms with Crippen LogP contribution >= 0.6 is 11.3 Å². The molecule has 0 bridgehead atoms. The molecule has 0 aliphatic carbocycles. The topological polar surface area (TPSA) is 29.5 Å². The number of hydrogen-bond donors (Lipinski definition) is 0. The Labute approximate surface area is 140 Å². The molecule has 2 aliphatic rings. The van der Waals surface area contributed by atoms with Gasteiger partial charge >= 0.3 is 0 Å². The highest BCUT2D eigenvalue weighted by molar-refractivity contribution is 7.10. The molecule has 1 aromatic heterocycles. The fourth-order valence-electron chi connectivity index (χ4n) is 3.73. The van der Waals surface area contributed by atoms with Gasteiger partial charge in [0.1, 0.15) is 0 Å². The number of benzene rings is 1. The molecule has 1 amide bonds. The molecule has 4 heteroatoms. The van der Waals surface area contributed by atoms with Crippen molar-refractivity contribution in [2.45, 2.75) is 25.3 Å².